The number of aromatic carboxylic acids is 1. The SMILES string of the molecule is Cc1cccnc1-c1ccc(C(=O)c2ccccc2C(=O)O)s1. The number of pyridine rings is 1. The predicted molar refractivity (Wildman–Crippen MR) is 89.1 cm³/mol. The summed E-state index contributed by atoms with van der Waals surface area (Å²) in [5.41, 5.74) is 2.08. The molecule has 0 spiro atoms. The van der Waals surface area contributed by atoms with Crippen molar-refractivity contribution in [3.63, 3.8) is 0 Å². The average molecular weight is 323 g/mol. The fourth-order valence-electron chi connectivity index (χ4n) is 2.33. The smallest absolute Gasteiger partial charge is 0.336 e. The Morgan fingerprint density at radius 2 is 1.74 bits per heavy atom. The highest BCUT2D eigenvalue weighted by Crippen LogP contribution is 2.30. The van der Waals surface area contributed by atoms with E-state index in [1.54, 1.807) is 24.4 Å². The van der Waals surface area contributed by atoms with E-state index in [-0.39, 0.29) is 16.9 Å². The lowest BCUT2D eigenvalue weighted by Crippen LogP contribution is -2.08. The van der Waals surface area contributed by atoms with Gasteiger partial charge in [-0.3, -0.25) is 9.78 Å². The second-order valence-corrected chi connectivity index (χ2v) is 6.10. The standard InChI is InChI=1S/C18H13NO3S/c1-11-5-4-10-19-16(11)14-8-9-15(23-14)17(20)12-6-2-3-7-13(12)18(21)22/h2-10H,1H3,(H,21,22). The maximum atomic E-state index is 12.6. The lowest BCUT2D eigenvalue weighted by molar-refractivity contribution is 0.0693. The topological polar surface area (TPSA) is 67.3 Å². The normalized spacial score (nSPS) is 10.5. The van der Waals surface area contributed by atoms with Gasteiger partial charge < -0.3 is 5.11 Å². The number of carboxylic acid groups (broad SMARTS) is 1. The quantitative estimate of drug-likeness (QED) is 0.736. The van der Waals surface area contributed by atoms with Crippen LogP contribution in [0.5, 0.6) is 0 Å². The number of rotatable bonds is 4. The van der Waals surface area contributed by atoms with Crippen LogP contribution in [-0.2, 0) is 0 Å². The largest absolute Gasteiger partial charge is 0.478 e. The third-order valence-electron chi connectivity index (χ3n) is 3.47. The molecule has 3 aromatic rings. The number of aromatic nitrogens is 1. The Kier molecular flexibility index (Phi) is 4.04. The van der Waals surface area contributed by atoms with E-state index < -0.39 is 5.97 Å². The summed E-state index contributed by atoms with van der Waals surface area (Å²) in [7, 11) is 0. The van der Waals surface area contributed by atoms with Gasteiger partial charge in [-0.2, -0.15) is 0 Å². The molecule has 0 atom stereocenters. The number of aryl methyl sites for hydroxylation is 1. The Balaban J connectivity index is 2.00. The van der Waals surface area contributed by atoms with Crippen molar-refractivity contribution in [1.29, 1.82) is 0 Å². The van der Waals surface area contributed by atoms with Gasteiger partial charge in [-0.1, -0.05) is 24.3 Å². The molecule has 1 N–H and O–H groups in total. The number of carbonyl (C=O) groups excluding carboxylic acids is 1. The molecule has 0 bridgehead atoms. The first-order valence-electron chi connectivity index (χ1n) is 6.97. The lowest BCUT2D eigenvalue weighted by atomic mass is 10.0. The molecular weight excluding hydrogens is 310 g/mol. The van der Waals surface area contributed by atoms with Gasteiger partial charge in [0.25, 0.3) is 0 Å². The highest BCUT2D eigenvalue weighted by atomic mass is 32.1. The Morgan fingerprint density at radius 1 is 1.00 bits per heavy atom. The van der Waals surface area contributed by atoms with Crippen molar-refractivity contribution in [2.75, 3.05) is 0 Å². The second kappa shape index (κ2) is 6.14. The second-order valence-electron chi connectivity index (χ2n) is 5.01. The summed E-state index contributed by atoms with van der Waals surface area (Å²) in [5, 5.41) is 9.22. The number of nitrogens with zero attached hydrogens (tertiary/aromatic N) is 1. The van der Waals surface area contributed by atoms with Gasteiger partial charge in [0.05, 0.1) is 21.0 Å². The predicted octanol–water partition coefficient (Wildman–Crippen LogP) is 4.05. The van der Waals surface area contributed by atoms with Crippen LogP contribution in [0.2, 0.25) is 0 Å². The van der Waals surface area contributed by atoms with E-state index in [2.05, 4.69) is 4.98 Å². The van der Waals surface area contributed by atoms with Crippen molar-refractivity contribution < 1.29 is 14.7 Å². The molecule has 3 rings (SSSR count). The van der Waals surface area contributed by atoms with E-state index >= 15 is 0 Å². The number of ketones is 1. The van der Waals surface area contributed by atoms with Crippen LogP contribution in [0.15, 0.2) is 54.7 Å². The van der Waals surface area contributed by atoms with Crippen LogP contribution in [0.3, 0.4) is 0 Å². The summed E-state index contributed by atoms with van der Waals surface area (Å²) in [4.78, 5) is 29.6. The molecule has 4 nitrogen and oxygen atoms in total. The summed E-state index contributed by atoms with van der Waals surface area (Å²) in [6, 6.07) is 13.6. The molecule has 0 unspecified atom stereocenters. The molecule has 0 aliphatic heterocycles. The molecule has 0 radical (unpaired) electrons. The molecule has 1 aromatic carbocycles. The van der Waals surface area contributed by atoms with Crippen LogP contribution in [0.1, 0.15) is 31.2 Å². The zero-order valence-corrected chi connectivity index (χ0v) is 13.1. The average Bonchev–Trinajstić information content (AvgIpc) is 3.04. The summed E-state index contributed by atoms with van der Waals surface area (Å²) >= 11 is 1.32. The fraction of sp³-hybridized carbons (Fsp3) is 0.0556. The summed E-state index contributed by atoms with van der Waals surface area (Å²) in [6.07, 6.45) is 1.71. The lowest BCUT2D eigenvalue weighted by Gasteiger charge is -2.03. The maximum absolute atomic E-state index is 12.6. The van der Waals surface area contributed by atoms with Gasteiger partial charge in [0.15, 0.2) is 0 Å². The van der Waals surface area contributed by atoms with Gasteiger partial charge >= 0.3 is 5.97 Å². The van der Waals surface area contributed by atoms with Crippen LogP contribution in [-0.4, -0.2) is 21.8 Å². The van der Waals surface area contributed by atoms with Crippen LogP contribution in [0, 0.1) is 6.92 Å². The van der Waals surface area contributed by atoms with Crippen LogP contribution >= 0.6 is 11.3 Å². The molecule has 2 heterocycles. The Labute approximate surface area is 137 Å². The number of carbonyl (C=O) groups is 2. The number of hydrogen-bond acceptors (Lipinski definition) is 4. The number of carboxylic acids is 1. The molecule has 114 valence electrons. The third-order valence-corrected chi connectivity index (χ3v) is 4.57. The van der Waals surface area contributed by atoms with Crippen molar-refractivity contribution in [3.8, 4) is 10.6 Å². The molecule has 0 aliphatic rings. The molecule has 0 amide bonds. The van der Waals surface area contributed by atoms with Crippen LogP contribution in [0.4, 0.5) is 0 Å². The number of benzene rings is 1. The molecule has 0 saturated carbocycles. The molecule has 0 fully saturated rings. The monoisotopic (exact) mass is 323 g/mol. The Morgan fingerprint density at radius 3 is 2.43 bits per heavy atom. The molecule has 23 heavy (non-hydrogen) atoms. The van der Waals surface area contributed by atoms with Gasteiger partial charge in [0.1, 0.15) is 0 Å². The first-order valence-corrected chi connectivity index (χ1v) is 7.78. The van der Waals surface area contributed by atoms with E-state index in [1.165, 1.54) is 23.5 Å². The molecule has 0 aliphatic carbocycles. The van der Waals surface area contributed by atoms with Crippen molar-refractivity contribution in [2.24, 2.45) is 0 Å². The zero-order valence-electron chi connectivity index (χ0n) is 12.3. The minimum Gasteiger partial charge on any atom is -0.478 e. The van der Waals surface area contributed by atoms with Gasteiger partial charge in [-0.15, -0.1) is 11.3 Å². The zero-order chi connectivity index (χ0) is 16.4. The Bertz CT molecular complexity index is 899. The van der Waals surface area contributed by atoms with Gasteiger partial charge in [-0.25, -0.2) is 4.79 Å². The van der Waals surface area contributed by atoms with Crippen LogP contribution < -0.4 is 0 Å². The maximum Gasteiger partial charge on any atom is 0.336 e. The molecule has 2 aromatic heterocycles. The number of thiophene rings is 1. The van der Waals surface area contributed by atoms with E-state index in [1.807, 2.05) is 25.1 Å². The summed E-state index contributed by atoms with van der Waals surface area (Å²) in [6.45, 7) is 1.96. The minimum atomic E-state index is -1.11. The summed E-state index contributed by atoms with van der Waals surface area (Å²) in [5.74, 6) is -1.39. The first kappa shape index (κ1) is 15.1. The molecule has 5 heteroatoms. The van der Waals surface area contributed by atoms with Gasteiger partial charge in [0.2, 0.25) is 5.78 Å². The molecule has 0 saturated heterocycles. The summed E-state index contributed by atoms with van der Waals surface area (Å²) < 4.78 is 0. The van der Waals surface area contributed by atoms with E-state index in [4.69, 9.17) is 0 Å². The van der Waals surface area contributed by atoms with Crippen molar-refractivity contribution >= 4 is 23.1 Å². The highest BCUT2D eigenvalue weighted by Gasteiger charge is 2.19. The van der Waals surface area contributed by atoms with Crippen molar-refractivity contribution in [3.05, 3.63) is 76.3 Å². The van der Waals surface area contributed by atoms with Crippen LogP contribution in [0.25, 0.3) is 10.6 Å². The third kappa shape index (κ3) is 2.91. The van der Waals surface area contributed by atoms with E-state index in [0.717, 1.165) is 16.1 Å². The highest BCUT2D eigenvalue weighted by molar-refractivity contribution is 7.17. The fourth-order valence-corrected chi connectivity index (χ4v) is 3.35. The molecular formula is C18H13NO3S. The van der Waals surface area contributed by atoms with E-state index in [0.29, 0.717) is 4.88 Å². The van der Waals surface area contributed by atoms with Crippen molar-refractivity contribution in [1.82, 2.24) is 4.98 Å². The first-order chi connectivity index (χ1) is 11.1. The number of hydrogen-bond donors (Lipinski definition) is 1. The minimum absolute atomic E-state index is 0.0152. The van der Waals surface area contributed by atoms with E-state index in [9.17, 15) is 14.7 Å². The van der Waals surface area contributed by atoms with Gasteiger partial charge in [-0.05, 0) is 36.8 Å². The van der Waals surface area contributed by atoms with Gasteiger partial charge in [0, 0.05) is 11.8 Å². The van der Waals surface area contributed by atoms with Crippen molar-refractivity contribution in [2.45, 2.75) is 6.92 Å². The Hall–Kier alpha value is -2.79.